The van der Waals surface area contributed by atoms with Gasteiger partial charge in [-0.1, -0.05) is 12.1 Å². The van der Waals surface area contributed by atoms with E-state index in [1.54, 1.807) is 73.3 Å². The second kappa shape index (κ2) is 11.4. The Morgan fingerprint density at radius 3 is 1.26 bits per heavy atom. The average molecular weight is 507 g/mol. The van der Waals surface area contributed by atoms with Crippen molar-refractivity contribution in [2.45, 2.75) is 0 Å². The van der Waals surface area contributed by atoms with Crippen LogP contribution in [-0.2, 0) is 20.4 Å². The van der Waals surface area contributed by atoms with Crippen molar-refractivity contribution in [3.05, 3.63) is 96.6 Å². The van der Waals surface area contributed by atoms with Gasteiger partial charge in [-0.25, -0.2) is 9.59 Å². The van der Waals surface area contributed by atoms with E-state index in [1.165, 1.54) is 12.1 Å². The number of rotatable bonds is 4. The van der Waals surface area contributed by atoms with Crippen LogP contribution in [0.4, 0.5) is 0 Å². The van der Waals surface area contributed by atoms with E-state index in [0.717, 1.165) is 0 Å². The summed E-state index contributed by atoms with van der Waals surface area (Å²) in [6.07, 6.45) is 6.32. The molecule has 0 aliphatic rings. The van der Waals surface area contributed by atoms with Gasteiger partial charge in [-0.05, 0) is 48.5 Å². The van der Waals surface area contributed by atoms with Gasteiger partial charge in [0.1, 0.15) is 11.4 Å². The zero-order valence-electron chi connectivity index (χ0n) is 15.9. The molecular weight excluding hydrogens is 491 g/mol. The maximum atomic E-state index is 10.9. The molecular formula is C22H16N4O4Pd. The molecule has 4 aromatic rings. The Hall–Kier alpha value is -3.80. The molecule has 9 heteroatoms. The number of nitrogens with zero attached hydrogens (tertiary/aromatic N) is 4. The van der Waals surface area contributed by atoms with E-state index in [9.17, 15) is 9.59 Å². The summed E-state index contributed by atoms with van der Waals surface area (Å²) in [7, 11) is 0. The van der Waals surface area contributed by atoms with Crippen molar-refractivity contribution in [3.63, 3.8) is 0 Å². The number of pyridine rings is 4. The molecule has 0 saturated carbocycles. The molecule has 4 aromatic heterocycles. The molecule has 2 N–H and O–H groups in total. The van der Waals surface area contributed by atoms with Crippen LogP contribution in [0.3, 0.4) is 0 Å². The van der Waals surface area contributed by atoms with Crippen molar-refractivity contribution in [1.82, 2.24) is 19.9 Å². The van der Waals surface area contributed by atoms with Gasteiger partial charge < -0.3 is 10.2 Å². The van der Waals surface area contributed by atoms with Gasteiger partial charge >= 0.3 is 11.9 Å². The molecule has 0 unspecified atom stereocenters. The molecule has 158 valence electrons. The summed E-state index contributed by atoms with van der Waals surface area (Å²) < 4.78 is 0. The normalized spacial score (nSPS) is 9.55. The van der Waals surface area contributed by atoms with Crippen molar-refractivity contribution in [2.24, 2.45) is 0 Å². The first-order chi connectivity index (χ1) is 14.6. The smallest absolute Gasteiger partial charge is 0.337 e. The van der Waals surface area contributed by atoms with Crippen molar-refractivity contribution in [2.75, 3.05) is 0 Å². The Balaban J connectivity index is 0.000000213. The number of aromatic carboxylic acids is 2. The fourth-order valence-corrected chi connectivity index (χ4v) is 2.57. The van der Waals surface area contributed by atoms with E-state index < -0.39 is 11.9 Å². The third-order valence-corrected chi connectivity index (χ3v) is 3.89. The molecule has 4 rings (SSSR count). The van der Waals surface area contributed by atoms with Gasteiger partial charge in [0.25, 0.3) is 0 Å². The maximum absolute atomic E-state index is 10.9. The number of hydrogen-bond acceptors (Lipinski definition) is 6. The van der Waals surface area contributed by atoms with Crippen LogP contribution in [0.5, 0.6) is 0 Å². The summed E-state index contributed by atoms with van der Waals surface area (Å²) in [6.45, 7) is 0. The molecule has 4 heterocycles. The van der Waals surface area contributed by atoms with E-state index in [-0.39, 0.29) is 31.5 Å². The van der Waals surface area contributed by atoms with Crippen LogP contribution in [0, 0.1) is 0 Å². The van der Waals surface area contributed by atoms with Crippen LogP contribution in [0.1, 0.15) is 20.7 Å². The molecule has 0 radical (unpaired) electrons. The van der Waals surface area contributed by atoms with Crippen LogP contribution in [0.15, 0.2) is 85.5 Å². The third kappa shape index (κ3) is 6.09. The standard InChI is InChI=1S/2C11H8N2O2.Pd/c2*14-11(15)8-4-3-7-13-10(8)9-5-1-2-6-12-9;/h2*1-7H,(H,14,15);. The Morgan fingerprint density at radius 2 is 0.935 bits per heavy atom. The zero-order valence-corrected chi connectivity index (χ0v) is 17.5. The first-order valence-corrected chi connectivity index (χ1v) is 8.77. The second-order valence-electron chi connectivity index (χ2n) is 5.84. The topological polar surface area (TPSA) is 126 Å². The minimum atomic E-state index is -0.997. The summed E-state index contributed by atoms with van der Waals surface area (Å²) in [6, 6.07) is 16.8. The van der Waals surface area contributed by atoms with Crippen molar-refractivity contribution < 1.29 is 40.2 Å². The average Bonchev–Trinajstić information content (AvgIpc) is 2.80. The minimum Gasteiger partial charge on any atom is -0.478 e. The summed E-state index contributed by atoms with van der Waals surface area (Å²) in [4.78, 5) is 38.0. The largest absolute Gasteiger partial charge is 0.478 e. The van der Waals surface area contributed by atoms with Gasteiger partial charge in [-0.15, -0.1) is 0 Å². The van der Waals surface area contributed by atoms with Crippen LogP contribution < -0.4 is 0 Å². The molecule has 0 fully saturated rings. The van der Waals surface area contributed by atoms with Crippen LogP contribution in [0.25, 0.3) is 22.8 Å². The Morgan fingerprint density at radius 1 is 0.548 bits per heavy atom. The fourth-order valence-electron chi connectivity index (χ4n) is 2.57. The fraction of sp³-hybridized carbons (Fsp3) is 0. The van der Waals surface area contributed by atoms with Gasteiger partial charge in [-0.3, -0.25) is 19.9 Å². The SMILES string of the molecule is O=C(O)c1cccnc1-c1ccccn1.O=C(O)c1cccnc1-c1ccccn1.[Pd]. The Bertz CT molecular complexity index is 1070. The van der Waals surface area contributed by atoms with Gasteiger partial charge in [-0.2, -0.15) is 0 Å². The number of aromatic nitrogens is 4. The molecule has 0 aliphatic carbocycles. The molecule has 0 bridgehead atoms. The number of carboxylic acid groups (broad SMARTS) is 2. The van der Waals surface area contributed by atoms with E-state index in [2.05, 4.69) is 19.9 Å². The molecule has 0 atom stereocenters. The number of carbonyl (C=O) groups is 2. The Labute approximate surface area is 191 Å². The number of hydrogen-bond donors (Lipinski definition) is 2. The quantitative estimate of drug-likeness (QED) is 0.401. The van der Waals surface area contributed by atoms with Crippen LogP contribution in [-0.4, -0.2) is 42.1 Å². The van der Waals surface area contributed by atoms with Gasteiger partial charge in [0, 0.05) is 45.2 Å². The summed E-state index contributed by atoms with van der Waals surface area (Å²) in [5.41, 5.74) is 2.25. The van der Waals surface area contributed by atoms with Gasteiger partial charge in [0.2, 0.25) is 0 Å². The van der Waals surface area contributed by atoms with E-state index >= 15 is 0 Å². The number of carboxylic acids is 2. The molecule has 0 aliphatic heterocycles. The Kier molecular flexibility index (Phi) is 8.64. The van der Waals surface area contributed by atoms with E-state index in [0.29, 0.717) is 22.8 Å². The van der Waals surface area contributed by atoms with Crippen molar-refractivity contribution >= 4 is 11.9 Å². The summed E-state index contributed by atoms with van der Waals surface area (Å²) >= 11 is 0. The monoisotopic (exact) mass is 506 g/mol. The third-order valence-electron chi connectivity index (χ3n) is 3.89. The van der Waals surface area contributed by atoms with Gasteiger partial charge in [0.05, 0.1) is 22.5 Å². The maximum Gasteiger partial charge on any atom is 0.337 e. The molecule has 0 spiro atoms. The molecule has 0 saturated heterocycles. The zero-order chi connectivity index (χ0) is 21.3. The van der Waals surface area contributed by atoms with Crippen molar-refractivity contribution in [1.29, 1.82) is 0 Å². The molecule has 0 amide bonds. The predicted octanol–water partition coefficient (Wildman–Crippen LogP) is 3.68. The minimum absolute atomic E-state index is 0. The van der Waals surface area contributed by atoms with Crippen molar-refractivity contribution in [3.8, 4) is 22.8 Å². The van der Waals surface area contributed by atoms with E-state index in [4.69, 9.17) is 10.2 Å². The molecule has 8 nitrogen and oxygen atoms in total. The predicted molar refractivity (Wildman–Crippen MR) is 109 cm³/mol. The van der Waals surface area contributed by atoms with Gasteiger partial charge in [0.15, 0.2) is 0 Å². The molecule has 0 aromatic carbocycles. The summed E-state index contributed by atoms with van der Waals surface area (Å²) in [5, 5.41) is 17.9. The first-order valence-electron chi connectivity index (χ1n) is 8.77. The van der Waals surface area contributed by atoms with Crippen LogP contribution >= 0.6 is 0 Å². The molecule has 31 heavy (non-hydrogen) atoms. The second-order valence-corrected chi connectivity index (χ2v) is 5.84. The summed E-state index contributed by atoms with van der Waals surface area (Å²) in [5.74, 6) is -1.99. The van der Waals surface area contributed by atoms with E-state index in [1.807, 2.05) is 0 Å². The first kappa shape index (κ1) is 23.5. The van der Waals surface area contributed by atoms with Crippen LogP contribution in [0.2, 0.25) is 0 Å².